The van der Waals surface area contributed by atoms with E-state index in [2.05, 4.69) is 9.97 Å². The molecule has 0 saturated heterocycles. The second kappa shape index (κ2) is 4.14. The van der Waals surface area contributed by atoms with Crippen LogP contribution in [0.25, 0.3) is 5.78 Å². The van der Waals surface area contributed by atoms with E-state index in [1.807, 2.05) is 20.0 Å². The lowest BCUT2D eigenvalue weighted by atomic mass is 10.1. The van der Waals surface area contributed by atoms with Crippen LogP contribution in [0.5, 0.6) is 0 Å². The Hall–Kier alpha value is -1.95. The monoisotopic (exact) mass is 234 g/mol. The lowest BCUT2D eigenvalue weighted by molar-refractivity contribution is -0.138. The van der Waals surface area contributed by atoms with E-state index in [0.717, 1.165) is 5.56 Å². The van der Waals surface area contributed by atoms with Gasteiger partial charge in [-0.2, -0.15) is 0 Å². The zero-order valence-electron chi connectivity index (χ0n) is 9.66. The van der Waals surface area contributed by atoms with Crippen LogP contribution in [0, 0.1) is 0 Å². The number of aliphatic carboxylic acids is 1. The van der Waals surface area contributed by atoms with Crippen molar-refractivity contribution in [3.05, 3.63) is 29.8 Å². The molecule has 2 aromatic heterocycles. The van der Waals surface area contributed by atoms with Crippen molar-refractivity contribution in [2.75, 3.05) is 0 Å². The van der Waals surface area contributed by atoms with Gasteiger partial charge in [-0.25, -0.2) is 9.97 Å². The summed E-state index contributed by atoms with van der Waals surface area (Å²) in [5, 5.41) is 8.91. The molecule has 1 atom stereocenters. The summed E-state index contributed by atoms with van der Waals surface area (Å²) in [4.78, 5) is 19.1. The highest BCUT2D eigenvalue weighted by Gasteiger charge is 2.19. The molecule has 6 heteroatoms. The Kier molecular flexibility index (Phi) is 2.81. The fourth-order valence-electron chi connectivity index (χ4n) is 1.56. The van der Waals surface area contributed by atoms with E-state index in [4.69, 9.17) is 10.8 Å². The summed E-state index contributed by atoms with van der Waals surface area (Å²) in [7, 11) is 0. The van der Waals surface area contributed by atoms with Crippen LogP contribution in [0.3, 0.4) is 0 Å². The number of aromatic nitrogens is 3. The van der Waals surface area contributed by atoms with Crippen molar-refractivity contribution in [1.29, 1.82) is 0 Å². The van der Waals surface area contributed by atoms with Crippen molar-refractivity contribution in [3.8, 4) is 0 Å². The predicted molar refractivity (Wildman–Crippen MR) is 61.6 cm³/mol. The van der Waals surface area contributed by atoms with Crippen LogP contribution >= 0.6 is 0 Å². The molecular weight excluding hydrogens is 220 g/mol. The molecule has 0 amide bonds. The van der Waals surface area contributed by atoms with E-state index >= 15 is 0 Å². The molecule has 2 heterocycles. The number of carboxylic acids is 1. The molecule has 3 N–H and O–H groups in total. The molecule has 0 aliphatic heterocycles. The quantitative estimate of drug-likeness (QED) is 0.824. The summed E-state index contributed by atoms with van der Waals surface area (Å²) in [5.41, 5.74) is 7.03. The van der Waals surface area contributed by atoms with Gasteiger partial charge in [-0.1, -0.05) is 13.8 Å². The smallest absolute Gasteiger partial charge is 0.326 e. The van der Waals surface area contributed by atoms with Crippen LogP contribution in [0.15, 0.2) is 18.6 Å². The Morgan fingerprint density at radius 1 is 1.41 bits per heavy atom. The third-order valence-corrected chi connectivity index (χ3v) is 2.66. The molecule has 90 valence electrons. The molecule has 0 fully saturated rings. The van der Waals surface area contributed by atoms with Gasteiger partial charge in [0.1, 0.15) is 6.04 Å². The second-order valence-electron chi connectivity index (χ2n) is 4.21. The van der Waals surface area contributed by atoms with Crippen molar-refractivity contribution in [2.45, 2.75) is 25.8 Å². The Morgan fingerprint density at radius 3 is 2.65 bits per heavy atom. The molecule has 2 aromatic rings. The van der Waals surface area contributed by atoms with E-state index < -0.39 is 12.0 Å². The van der Waals surface area contributed by atoms with Gasteiger partial charge in [0.2, 0.25) is 5.78 Å². The summed E-state index contributed by atoms with van der Waals surface area (Å²) < 4.78 is 1.63. The van der Waals surface area contributed by atoms with Crippen LogP contribution in [0.4, 0.5) is 0 Å². The zero-order valence-corrected chi connectivity index (χ0v) is 9.66. The fourth-order valence-corrected chi connectivity index (χ4v) is 1.56. The van der Waals surface area contributed by atoms with Gasteiger partial charge < -0.3 is 10.8 Å². The standard InChI is InChI=1S/C11H14N4O2/c1-6(2)7-3-13-11-14-4-8(15(11)5-7)9(12)10(16)17/h3-6,9H,12H2,1-2H3,(H,16,17). The largest absolute Gasteiger partial charge is 0.480 e. The SMILES string of the molecule is CC(C)c1cnc2ncc(C(N)C(=O)O)n2c1. The summed E-state index contributed by atoms with van der Waals surface area (Å²) >= 11 is 0. The number of hydrogen-bond donors (Lipinski definition) is 2. The number of nitrogens with zero attached hydrogens (tertiary/aromatic N) is 3. The number of carboxylic acid groups (broad SMARTS) is 1. The highest BCUT2D eigenvalue weighted by Crippen LogP contribution is 2.17. The highest BCUT2D eigenvalue weighted by atomic mass is 16.4. The van der Waals surface area contributed by atoms with Crippen molar-refractivity contribution in [3.63, 3.8) is 0 Å². The number of nitrogens with two attached hydrogens (primary N) is 1. The number of hydrogen-bond acceptors (Lipinski definition) is 4. The lowest BCUT2D eigenvalue weighted by Gasteiger charge is -2.09. The maximum absolute atomic E-state index is 10.9. The van der Waals surface area contributed by atoms with E-state index in [9.17, 15) is 4.79 Å². The first-order valence-corrected chi connectivity index (χ1v) is 5.32. The van der Waals surface area contributed by atoms with Crippen LogP contribution in [-0.2, 0) is 4.79 Å². The average molecular weight is 234 g/mol. The van der Waals surface area contributed by atoms with E-state index in [1.54, 1.807) is 10.6 Å². The highest BCUT2D eigenvalue weighted by molar-refractivity contribution is 5.74. The predicted octanol–water partition coefficient (Wildman–Crippen LogP) is 0.937. The molecule has 0 bridgehead atoms. The minimum Gasteiger partial charge on any atom is -0.480 e. The van der Waals surface area contributed by atoms with Crippen LogP contribution in [0.1, 0.15) is 37.1 Å². The van der Waals surface area contributed by atoms with Crippen molar-refractivity contribution in [2.24, 2.45) is 5.73 Å². The number of rotatable bonds is 3. The molecule has 0 aliphatic rings. The Bertz CT molecular complexity index is 562. The summed E-state index contributed by atoms with van der Waals surface area (Å²) in [6, 6.07) is -1.09. The first-order chi connectivity index (χ1) is 8.00. The summed E-state index contributed by atoms with van der Waals surface area (Å²) in [6.45, 7) is 4.08. The van der Waals surface area contributed by atoms with Gasteiger partial charge in [0.15, 0.2) is 0 Å². The molecular formula is C11H14N4O2. The summed E-state index contributed by atoms with van der Waals surface area (Å²) in [6.07, 6.45) is 5.02. The molecule has 1 unspecified atom stereocenters. The minimum atomic E-state index is -1.09. The Balaban J connectivity index is 2.57. The van der Waals surface area contributed by atoms with Gasteiger partial charge in [0.05, 0.1) is 11.9 Å². The average Bonchev–Trinajstić information content (AvgIpc) is 2.70. The molecule has 0 radical (unpaired) electrons. The lowest BCUT2D eigenvalue weighted by Crippen LogP contribution is -2.22. The van der Waals surface area contributed by atoms with E-state index in [-0.39, 0.29) is 0 Å². The topological polar surface area (TPSA) is 93.5 Å². The van der Waals surface area contributed by atoms with Gasteiger partial charge >= 0.3 is 5.97 Å². The third kappa shape index (κ3) is 1.99. The first-order valence-electron chi connectivity index (χ1n) is 5.32. The molecule has 2 rings (SSSR count). The van der Waals surface area contributed by atoms with Gasteiger partial charge in [0.25, 0.3) is 0 Å². The molecule has 17 heavy (non-hydrogen) atoms. The number of imidazole rings is 1. The van der Waals surface area contributed by atoms with E-state index in [1.165, 1.54) is 6.20 Å². The van der Waals surface area contributed by atoms with Gasteiger partial charge in [0, 0.05) is 12.4 Å². The molecule has 0 aliphatic carbocycles. The maximum Gasteiger partial charge on any atom is 0.326 e. The Labute approximate surface area is 98.1 Å². The molecule has 0 aromatic carbocycles. The number of fused-ring (bicyclic) bond motifs is 1. The van der Waals surface area contributed by atoms with Crippen LogP contribution in [0.2, 0.25) is 0 Å². The molecule has 0 saturated carbocycles. The molecule has 6 nitrogen and oxygen atoms in total. The summed E-state index contributed by atoms with van der Waals surface area (Å²) in [5.74, 6) is -0.314. The van der Waals surface area contributed by atoms with Crippen molar-refractivity contribution < 1.29 is 9.90 Å². The van der Waals surface area contributed by atoms with Gasteiger partial charge in [-0.05, 0) is 11.5 Å². The fraction of sp³-hybridized carbons (Fsp3) is 0.364. The van der Waals surface area contributed by atoms with Crippen LogP contribution < -0.4 is 5.73 Å². The Morgan fingerprint density at radius 2 is 2.06 bits per heavy atom. The normalized spacial score (nSPS) is 13.2. The number of carbonyl (C=O) groups is 1. The second-order valence-corrected chi connectivity index (χ2v) is 4.21. The van der Waals surface area contributed by atoms with Crippen molar-refractivity contribution in [1.82, 2.24) is 14.4 Å². The minimum absolute atomic E-state index is 0.309. The van der Waals surface area contributed by atoms with Gasteiger partial charge in [-0.3, -0.25) is 9.20 Å². The zero-order chi connectivity index (χ0) is 12.6. The first kappa shape index (κ1) is 11.5. The third-order valence-electron chi connectivity index (χ3n) is 2.66. The molecule has 0 spiro atoms. The van der Waals surface area contributed by atoms with Gasteiger partial charge in [-0.15, -0.1) is 0 Å². The van der Waals surface area contributed by atoms with E-state index in [0.29, 0.717) is 17.4 Å². The van der Waals surface area contributed by atoms with Crippen LogP contribution in [-0.4, -0.2) is 25.4 Å². The maximum atomic E-state index is 10.9. The van der Waals surface area contributed by atoms with Crippen molar-refractivity contribution >= 4 is 11.7 Å².